The Kier molecular flexibility index (Phi) is 6.12. The second kappa shape index (κ2) is 7.36. The van der Waals surface area contributed by atoms with Gasteiger partial charge in [-0.25, -0.2) is 4.79 Å². The number of nitrogens with zero attached hydrogens (tertiary/aromatic N) is 1. The van der Waals surface area contributed by atoms with Gasteiger partial charge in [-0.3, -0.25) is 4.79 Å². The summed E-state index contributed by atoms with van der Waals surface area (Å²) in [5.41, 5.74) is 0. The van der Waals surface area contributed by atoms with Crippen molar-refractivity contribution in [1.29, 1.82) is 0 Å². The molecule has 5 heteroatoms. The predicted molar refractivity (Wildman–Crippen MR) is 74.0 cm³/mol. The van der Waals surface area contributed by atoms with Crippen molar-refractivity contribution in [1.82, 2.24) is 10.2 Å². The van der Waals surface area contributed by atoms with Crippen LogP contribution < -0.4 is 5.32 Å². The standard InChI is InChI=1S/C14H26N2O3/c1-10(2)11(3)15-14(19)16-8-6-12(7-9-16)4-5-13(17)18/h10-12H,4-9H2,1-3H3,(H,15,19)(H,17,18). The molecule has 19 heavy (non-hydrogen) atoms. The molecular weight excluding hydrogens is 244 g/mol. The highest BCUT2D eigenvalue weighted by atomic mass is 16.4. The van der Waals surface area contributed by atoms with Gasteiger partial charge in [0.1, 0.15) is 0 Å². The fraction of sp³-hybridized carbons (Fsp3) is 0.857. The molecule has 0 aromatic rings. The van der Waals surface area contributed by atoms with E-state index < -0.39 is 5.97 Å². The van der Waals surface area contributed by atoms with E-state index in [1.54, 1.807) is 0 Å². The van der Waals surface area contributed by atoms with Gasteiger partial charge in [-0.05, 0) is 38.0 Å². The molecular formula is C14H26N2O3. The highest BCUT2D eigenvalue weighted by Gasteiger charge is 2.24. The Labute approximate surface area is 115 Å². The molecule has 1 fully saturated rings. The Morgan fingerprint density at radius 2 is 1.84 bits per heavy atom. The number of carboxylic acid groups (broad SMARTS) is 1. The Morgan fingerprint density at radius 1 is 1.26 bits per heavy atom. The van der Waals surface area contributed by atoms with Crippen molar-refractivity contribution in [2.45, 2.75) is 52.5 Å². The lowest BCUT2D eigenvalue weighted by atomic mass is 9.92. The van der Waals surface area contributed by atoms with Crippen molar-refractivity contribution in [2.75, 3.05) is 13.1 Å². The van der Waals surface area contributed by atoms with E-state index in [1.165, 1.54) is 0 Å². The van der Waals surface area contributed by atoms with Crippen LogP contribution in [0.3, 0.4) is 0 Å². The summed E-state index contributed by atoms with van der Waals surface area (Å²) in [6, 6.07) is 0.190. The summed E-state index contributed by atoms with van der Waals surface area (Å²) < 4.78 is 0. The quantitative estimate of drug-likeness (QED) is 0.805. The normalized spacial score (nSPS) is 18.4. The minimum absolute atomic E-state index is 0.0119. The first-order chi connectivity index (χ1) is 8.90. The summed E-state index contributed by atoms with van der Waals surface area (Å²) in [6.45, 7) is 7.66. The Bertz CT molecular complexity index is 310. The lowest BCUT2D eigenvalue weighted by Crippen LogP contribution is -2.48. The average Bonchev–Trinajstić information content (AvgIpc) is 2.36. The number of likely N-dealkylation sites (tertiary alicyclic amines) is 1. The van der Waals surface area contributed by atoms with Gasteiger partial charge in [-0.15, -0.1) is 0 Å². The molecule has 1 heterocycles. The maximum Gasteiger partial charge on any atom is 0.317 e. The number of piperidine rings is 1. The minimum Gasteiger partial charge on any atom is -0.481 e. The van der Waals surface area contributed by atoms with Crippen LogP contribution in [-0.2, 0) is 4.79 Å². The first-order valence-electron chi connectivity index (χ1n) is 7.17. The van der Waals surface area contributed by atoms with E-state index in [1.807, 2.05) is 11.8 Å². The molecule has 0 saturated carbocycles. The molecule has 2 amide bonds. The third kappa shape index (κ3) is 5.49. The lowest BCUT2D eigenvalue weighted by molar-refractivity contribution is -0.137. The van der Waals surface area contributed by atoms with Crippen LogP contribution in [0.4, 0.5) is 4.79 Å². The van der Waals surface area contributed by atoms with Gasteiger partial charge in [0.2, 0.25) is 0 Å². The van der Waals surface area contributed by atoms with E-state index in [0.717, 1.165) is 32.4 Å². The van der Waals surface area contributed by atoms with Crippen LogP contribution in [-0.4, -0.2) is 41.1 Å². The molecule has 1 aliphatic rings. The van der Waals surface area contributed by atoms with Crippen molar-refractivity contribution in [3.63, 3.8) is 0 Å². The second-order valence-corrected chi connectivity index (χ2v) is 5.85. The molecule has 0 radical (unpaired) electrons. The van der Waals surface area contributed by atoms with Crippen LogP contribution in [0, 0.1) is 11.8 Å². The number of hydrogen-bond acceptors (Lipinski definition) is 2. The number of nitrogens with one attached hydrogen (secondary N) is 1. The van der Waals surface area contributed by atoms with Crippen LogP contribution in [0.5, 0.6) is 0 Å². The molecule has 1 unspecified atom stereocenters. The first kappa shape index (κ1) is 15.8. The number of carbonyl (C=O) groups is 2. The number of rotatable bonds is 5. The van der Waals surface area contributed by atoms with Crippen molar-refractivity contribution < 1.29 is 14.7 Å². The lowest BCUT2D eigenvalue weighted by Gasteiger charge is -2.33. The molecule has 1 aliphatic heterocycles. The Morgan fingerprint density at radius 3 is 2.32 bits per heavy atom. The summed E-state index contributed by atoms with van der Waals surface area (Å²) in [7, 11) is 0. The smallest absolute Gasteiger partial charge is 0.317 e. The number of amides is 2. The van der Waals surface area contributed by atoms with Crippen molar-refractivity contribution in [2.24, 2.45) is 11.8 Å². The van der Waals surface area contributed by atoms with Crippen LogP contribution in [0.2, 0.25) is 0 Å². The first-order valence-corrected chi connectivity index (χ1v) is 7.17. The number of urea groups is 1. The van der Waals surface area contributed by atoms with E-state index in [4.69, 9.17) is 5.11 Å². The van der Waals surface area contributed by atoms with Gasteiger partial charge in [0.15, 0.2) is 0 Å². The number of hydrogen-bond donors (Lipinski definition) is 2. The largest absolute Gasteiger partial charge is 0.481 e. The highest BCUT2D eigenvalue weighted by Crippen LogP contribution is 2.22. The summed E-state index contributed by atoms with van der Waals surface area (Å²) in [6.07, 6.45) is 2.79. The molecule has 0 spiro atoms. The molecule has 1 rings (SSSR count). The zero-order valence-corrected chi connectivity index (χ0v) is 12.2. The maximum absolute atomic E-state index is 12.0. The number of carbonyl (C=O) groups excluding carboxylic acids is 1. The van der Waals surface area contributed by atoms with E-state index >= 15 is 0 Å². The van der Waals surface area contributed by atoms with E-state index in [9.17, 15) is 9.59 Å². The summed E-state index contributed by atoms with van der Waals surface area (Å²) in [5, 5.41) is 11.7. The molecule has 110 valence electrons. The van der Waals surface area contributed by atoms with Crippen LogP contribution in [0.15, 0.2) is 0 Å². The van der Waals surface area contributed by atoms with Crippen molar-refractivity contribution in [3.05, 3.63) is 0 Å². The molecule has 0 bridgehead atoms. The van der Waals surface area contributed by atoms with Gasteiger partial charge in [0.25, 0.3) is 0 Å². The van der Waals surface area contributed by atoms with Crippen LogP contribution in [0.25, 0.3) is 0 Å². The van der Waals surface area contributed by atoms with Crippen LogP contribution in [0.1, 0.15) is 46.5 Å². The van der Waals surface area contributed by atoms with Gasteiger partial charge in [0.05, 0.1) is 0 Å². The topological polar surface area (TPSA) is 69.6 Å². The van der Waals surface area contributed by atoms with Crippen molar-refractivity contribution >= 4 is 12.0 Å². The van der Waals surface area contributed by atoms with Gasteiger partial charge in [0, 0.05) is 25.6 Å². The molecule has 2 N–H and O–H groups in total. The molecule has 0 aromatic carbocycles. The fourth-order valence-corrected chi connectivity index (χ4v) is 2.21. The van der Waals surface area contributed by atoms with E-state index in [2.05, 4.69) is 19.2 Å². The summed E-state index contributed by atoms with van der Waals surface area (Å²) >= 11 is 0. The monoisotopic (exact) mass is 270 g/mol. The van der Waals surface area contributed by atoms with Gasteiger partial charge in [-0.1, -0.05) is 13.8 Å². The summed E-state index contributed by atoms with van der Waals surface area (Å²) in [4.78, 5) is 24.4. The molecule has 1 atom stereocenters. The predicted octanol–water partition coefficient (Wildman–Crippen LogP) is 2.32. The Balaban J connectivity index is 2.29. The second-order valence-electron chi connectivity index (χ2n) is 5.85. The molecule has 1 saturated heterocycles. The number of aliphatic carboxylic acids is 1. The third-order valence-electron chi connectivity index (χ3n) is 4.02. The number of carboxylic acids is 1. The minimum atomic E-state index is -0.731. The van der Waals surface area contributed by atoms with Crippen molar-refractivity contribution in [3.8, 4) is 0 Å². The zero-order valence-electron chi connectivity index (χ0n) is 12.2. The summed E-state index contributed by atoms with van der Waals surface area (Å²) in [5.74, 6) is 0.144. The van der Waals surface area contributed by atoms with Gasteiger partial charge in [-0.2, -0.15) is 0 Å². The molecule has 0 aliphatic carbocycles. The van der Waals surface area contributed by atoms with Crippen LogP contribution >= 0.6 is 0 Å². The van der Waals surface area contributed by atoms with E-state index in [0.29, 0.717) is 11.8 Å². The van der Waals surface area contributed by atoms with Gasteiger partial charge >= 0.3 is 12.0 Å². The zero-order chi connectivity index (χ0) is 14.4. The van der Waals surface area contributed by atoms with Gasteiger partial charge < -0.3 is 15.3 Å². The SMILES string of the molecule is CC(C)C(C)NC(=O)N1CCC(CCC(=O)O)CC1. The Hall–Kier alpha value is -1.26. The van der Waals surface area contributed by atoms with E-state index in [-0.39, 0.29) is 18.5 Å². The maximum atomic E-state index is 12.0. The fourth-order valence-electron chi connectivity index (χ4n) is 2.21. The molecule has 5 nitrogen and oxygen atoms in total. The third-order valence-corrected chi connectivity index (χ3v) is 4.02. The average molecular weight is 270 g/mol. The highest BCUT2D eigenvalue weighted by molar-refractivity contribution is 5.74. The molecule has 0 aromatic heterocycles.